The van der Waals surface area contributed by atoms with Crippen molar-refractivity contribution in [3.63, 3.8) is 0 Å². The number of benzene rings is 1. The molecule has 0 bridgehead atoms. The molecule has 0 saturated heterocycles. The molecule has 0 aliphatic heterocycles. The van der Waals surface area contributed by atoms with Crippen molar-refractivity contribution in [2.24, 2.45) is 0 Å². The Morgan fingerprint density at radius 3 is 2.00 bits per heavy atom. The van der Waals surface area contributed by atoms with Gasteiger partial charge in [-0.2, -0.15) is 6.08 Å². The van der Waals surface area contributed by atoms with Gasteiger partial charge in [-0.1, -0.05) is 18.2 Å². The second-order valence-corrected chi connectivity index (χ2v) is 2.34. The number of hydrogen-bond acceptors (Lipinski definition) is 1. The van der Waals surface area contributed by atoms with E-state index in [0.717, 1.165) is 6.42 Å². The van der Waals surface area contributed by atoms with Crippen molar-refractivity contribution in [1.29, 1.82) is 0 Å². The van der Waals surface area contributed by atoms with Crippen molar-refractivity contribution < 1.29 is 26.8 Å². The predicted molar refractivity (Wildman–Crippen MR) is 56.9 cm³/mol. The summed E-state index contributed by atoms with van der Waals surface area (Å²) in [5, 5.41) is 8.63. The van der Waals surface area contributed by atoms with Gasteiger partial charge in [0.15, 0.2) is 0 Å². The molecule has 3 heteroatoms. The molecule has 1 aromatic rings. The molecule has 0 amide bonds. The fourth-order valence-electron chi connectivity index (χ4n) is 0.768. The Kier molecular flexibility index (Phi) is 12.1. The van der Waals surface area contributed by atoms with Gasteiger partial charge in [0.05, 0.1) is 0 Å². The Balaban J connectivity index is 0. The summed E-state index contributed by atoms with van der Waals surface area (Å²) in [4.78, 5) is 0. The van der Waals surface area contributed by atoms with Crippen LogP contribution in [0.3, 0.4) is 0 Å². The molecule has 1 aliphatic rings. The Labute approximate surface area is 106 Å². The molecule has 1 aromatic carbocycles. The van der Waals surface area contributed by atoms with Gasteiger partial charge >= 0.3 is 0 Å². The van der Waals surface area contributed by atoms with Gasteiger partial charge in [-0.05, 0) is 12.1 Å². The number of para-hydroxylation sites is 1. The molecular formula is C11H12ClOTi-. The van der Waals surface area contributed by atoms with Crippen LogP contribution in [0.25, 0.3) is 0 Å². The van der Waals surface area contributed by atoms with Gasteiger partial charge in [0.2, 0.25) is 0 Å². The molecule has 1 aliphatic carbocycles. The third kappa shape index (κ3) is 8.12. The fourth-order valence-corrected chi connectivity index (χ4v) is 0.768. The average molecular weight is 244 g/mol. The van der Waals surface area contributed by atoms with Gasteiger partial charge < -0.3 is 5.11 Å². The molecule has 2 rings (SSSR count). The first-order chi connectivity index (χ1) is 5.89. The van der Waals surface area contributed by atoms with E-state index in [1.54, 1.807) is 24.3 Å². The first kappa shape index (κ1) is 16.0. The van der Waals surface area contributed by atoms with Crippen LogP contribution in [0.5, 0.6) is 5.75 Å². The maximum Gasteiger partial charge on any atom is 0.115 e. The molecule has 1 nitrogen and oxygen atoms in total. The maximum absolute atomic E-state index is 8.63. The standard InChI is InChI=1S/C6H6O.C5H5.ClH.Ti/c7-6-4-2-1-3-5-6;1-2-4-5-3-1;;/h1-5,7H;1-3H,4H2;1H;/q;-1;;. The van der Waals surface area contributed by atoms with Gasteiger partial charge in [-0.3, -0.25) is 6.08 Å². The van der Waals surface area contributed by atoms with Crippen LogP contribution in [0.1, 0.15) is 6.42 Å². The van der Waals surface area contributed by atoms with E-state index in [9.17, 15) is 0 Å². The SMILES string of the molecule is Cl.Oc1ccccc1.[C-]1=CC=CC1.[Ti]. The van der Waals surface area contributed by atoms with Gasteiger partial charge in [0, 0.05) is 21.7 Å². The van der Waals surface area contributed by atoms with E-state index in [1.807, 2.05) is 18.2 Å². The average Bonchev–Trinajstić information content (AvgIpc) is 2.62. The van der Waals surface area contributed by atoms with E-state index >= 15 is 0 Å². The number of phenols is 1. The van der Waals surface area contributed by atoms with Gasteiger partial charge in [0.1, 0.15) is 5.75 Å². The van der Waals surface area contributed by atoms with Crippen molar-refractivity contribution in [2.75, 3.05) is 0 Å². The normalized spacial score (nSPS) is 10.6. The number of phenolic OH excluding ortho intramolecular Hbond substituents is 1. The Hall–Kier alpha value is -0.496. The third-order valence-electron chi connectivity index (χ3n) is 1.34. The van der Waals surface area contributed by atoms with Crippen LogP contribution in [0, 0.1) is 6.08 Å². The Bertz CT molecular complexity index is 260. The van der Waals surface area contributed by atoms with Crippen molar-refractivity contribution >= 4 is 12.4 Å². The third-order valence-corrected chi connectivity index (χ3v) is 1.34. The first-order valence-corrected chi connectivity index (χ1v) is 3.85. The molecule has 0 saturated carbocycles. The topological polar surface area (TPSA) is 20.2 Å². The van der Waals surface area contributed by atoms with E-state index < -0.39 is 0 Å². The van der Waals surface area contributed by atoms with Crippen LogP contribution in [0.2, 0.25) is 0 Å². The molecule has 0 heterocycles. The zero-order valence-electron chi connectivity index (χ0n) is 7.68. The second kappa shape index (κ2) is 10.6. The molecule has 0 fully saturated rings. The molecule has 0 spiro atoms. The van der Waals surface area contributed by atoms with E-state index in [-0.39, 0.29) is 34.1 Å². The summed E-state index contributed by atoms with van der Waals surface area (Å²) in [5.41, 5.74) is 0. The zero-order chi connectivity index (χ0) is 8.65. The molecule has 74 valence electrons. The summed E-state index contributed by atoms with van der Waals surface area (Å²) in [6.45, 7) is 0. The minimum absolute atomic E-state index is 0. The van der Waals surface area contributed by atoms with E-state index in [2.05, 4.69) is 12.2 Å². The molecular weight excluding hydrogens is 231 g/mol. The smallest absolute Gasteiger partial charge is 0.115 e. The molecule has 0 radical (unpaired) electrons. The minimum atomic E-state index is 0. The van der Waals surface area contributed by atoms with Crippen molar-refractivity contribution in [3.8, 4) is 5.75 Å². The summed E-state index contributed by atoms with van der Waals surface area (Å²) >= 11 is 0. The monoisotopic (exact) mass is 243 g/mol. The van der Waals surface area contributed by atoms with E-state index in [0.29, 0.717) is 5.75 Å². The molecule has 14 heavy (non-hydrogen) atoms. The van der Waals surface area contributed by atoms with E-state index in [1.165, 1.54) is 0 Å². The summed E-state index contributed by atoms with van der Waals surface area (Å²) in [6.07, 6.45) is 10.0. The number of aromatic hydroxyl groups is 1. The second-order valence-electron chi connectivity index (χ2n) is 2.34. The van der Waals surface area contributed by atoms with Crippen molar-refractivity contribution in [1.82, 2.24) is 0 Å². The summed E-state index contributed by atoms with van der Waals surface area (Å²) in [7, 11) is 0. The summed E-state index contributed by atoms with van der Waals surface area (Å²) in [6, 6.07) is 8.71. The first-order valence-electron chi connectivity index (χ1n) is 3.85. The van der Waals surface area contributed by atoms with E-state index in [4.69, 9.17) is 5.11 Å². The fraction of sp³-hybridized carbons (Fsp3) is 0.0909. The number of halogens is 1. The van der Waals surface area contributed by atoms with Crippen molar-refractivity contribution in [2.45, 2.75) is 6.42 Å². The number of hydrogen-bond donors (Lipinski definition) is 1. The Morgan fingerprint density at radius 2 is 1.79 bits per heavy atom. The van der Waals surface area contributed by atoms with Crippen LogP contribution < -0.4 is 0 Å². The number of rotatable bonds is 0. The van der Waals surface area contributed by atoms with Crippen LogP contribution in [0.4, 0.5) is 0 Å². The van der Waals surface area contributed by atoms with Gasteiger partial charge in [-0.15, -0.1) is 18.8 Å². The number of allylic oxidation sites excluding steroid dienone is 4. The van der Waals surface area contributed by atoms with Gasteiger partial charge in [-0.25, -0.2) is 12.2 Å². The summed E-state index contributed by atoms with van der Waals surface area (Å²) < 4.78 is 0. The molecule has 1 N–H and O–H groups in total. The minimum Gasteiger partial charge on any atom is -0.508 e. The molecule has 0 aromatic heterocycles. The quantitative estimate of drug-likeness (QED) is 0.548. The summed E-state index contributed by atoms with van der Waals surface area (Å²) in [5.74, 6) is 0.322. The van der Waals surface area contributed by atoms with Crippen LogP contribution in [-0.4, -0.2) is 5.11 Å². The van der Waals surface area contributed by atoms with Crippen LogP contribution >= 0.6 is 12.4 Å². The van der Waals surface area contributed by atoms with Crippen LogP contribution in [-0.2, 0) is 21.7 Å². The van der Waals surface area contributed by atoms with Crippen molar-refractivity contribution in [3.05, 3.63) is 54.6 Å². The Morgan fingerprint density at radius 1 is 1.14 bits per heavy atom. The molecule has 0 unspecified atom stereocenters. The zero-order valence-corrected chi connectivity index (χ0v) is 10.1. The van der Waals surface area contributed by atoms with Gasteiger partial charge in [0.25, 0.3) is 0 Å². The predicted octanol–water partition coefficient (Wildman–Crippen LogP) is 3.12. The van der Waals surface area contributed by atoms with Crippen LogP contribution in [0.15, 0.2) is 48.6 Å². The largest absolute Gasteiger partial charge is 0.508 e. The maximum atomic E-state index is 8.63. The molecule has 0 atom stereocenters.